The molecule has 2 rings (SSSR count). The van der Waals surface area contributed by atoms with E-state index >= 15 is 0 Å². The largest absolute Gasteiger partial charge is 0.347 e. The summed E-state index contributed by atoms with van der Waals surface area (Å²) in [6, 6.07) is 2.03. The SMILES string of the molecule is CN(C)c1nccc([C@@H]2CCCNC2)n1. The van der Waals surface area contributed by atoms with E-state index in [1.165, 1.54) is 18.5 Å². The Morgan fingerprint density at radius 3 is 3.00 bits per heavy atom. The lowest BCUT2D eigenvalue weighted by atomic mass is 9.96. The quantitative estimate of drug-likeness (QED) is 0.784. The molecule has 1 aromatic heterocycles. The van der Waals surface area contributed by atoms with Crippen LogP contribution in [0, 0.1) is 0 Å². The predicted octanol–water partition coefficient (Wildman–Crippen LogP) is 1.01. The van der Waals surface area contributed by atoms with E-state index in [2.05, 4.69) is 15.3 Å². The monoisotopic (exact) mass is 206 g/mol. The molecule has 2 heterocycles. The fourth-order valence-electron chi connectivity index (χ4n) is 1.91. The minimum atomic E-state index is 0.556. The van der Waals surface area contributed by atoms with Gasteiger partial charge in [0.05, 0.1) is 5.69 Å². The summed E-state index contributed by atoms with van der Waals surface area (Å²) in [4.78, 5) is 10.7. The molecule has 1 atom stereocenters. The molecular weight excluding hydrogens is 188 g/mol. The topological polar surface area (TPSA) is 41.1 Å². The summed E-state index contributed by atoms with van der Waals surface area (Å²) in [5.74, 6) is 1.36. The van der Waals surface area contributed by atoms with Crippen LogP contribution >= 0.6 is 0 Å². The molecule has 0 radical (unpaired) electrons. The van der Waals surface area contributed by atoms with Crippen molar-refractivity contribution in [2.45, 2.75) is 18.8 Å². The molecule has 1 aliphatic heterocycles. The van der Waals surface area contributed by atoms with E-state index in [9.17, 15) is 0 Å². The van der Waals surface area contributed by atoms with Gasteiger partial charge in [0.2, 0.25) is 5.95 Å². The first kappa shape index (κ1) is 10.4. The molecule has 1 N–H and O–H groups in total. The van der Waals surface area contributed by atoms with Crippen LogP contribution in [-0.4, -0.2) is 37.2 Å². The molecule has 82 valence electrons. The fraction of sp³-hybridized carbons (Fsp3) is 0.636. The molecule has 0 aliphatic carbocycles. The van der Waals surface area contributed by atoms with Gasteiger partial charge in [0.25, 0.3) is 0 Å². The number of hydrogen-bond acceptors (Lipinski definition) is 4. The van der Waals surface area contributed by atoms with Crippen LogP contribution in [0.5, 0.6) is 0 Å². The van der Waals surface area contributed by atoms with Crippen LogP contribution in [0.15, 0.2) is 12.3 Å². The minimum absolute atomic E-state index is 0.556. The zero-order valence-corrected chi connectivity index (χ0v) is 9.40. The summed E-state index contributed by atoms with van der Waals surface area (Å²) < 4.78 is 0. The van der Waals surface area contributed by atoms with E-state index in [-0.39, 0.29) is 0 Å². The maximum atomic E-state index is 4.57. The third-order valence-electron chi connectivity index (χ3n) is 2.78. The first-order valence-corrected chi connectivity index (χ1v) is 5.48. The van der Waals surface area contributed by atoms with Crippen LogP contribution in [0.1, 0.15) is 24.5 Å². The average Bonchev–Trinajstić information content (AvgIpc) is 2.30. The molecule has 0 unspecified atom stereocenters. The molecule has 0 spiro atoms. The van der Waals surface area contributed by atoms with Gasteiger partial charge in [-0.15, -0.1) is 0 Å². The predicted molar refractivity (Wildman–Crippen MR) is 61.2 cm³/mol. The van der Waals surface area contributed by atoms with Crippen LogP contribution in [0.25, 0.3) is 0 Å². The van der Waals surface area contributed by atoms with E-state index in [4.69, 9.17) is 0 Å². The molecule has 0 saturated carbocycles. The lowest BCUT2D eigenvalue weighted by Gasteiger charge is -2.22. The van der Waals surface area contributed by atoms with Gasteiger partial charge in [-0.3, -0.25) is 0 Å². The van der Waals surface area contributed by atoms with Gasteiger partial charge in [-0.05, 0) is 25.5 Å². The van der Waals surface area contributed by atoms with Crippen LogP contribution in [-0.2, 0) is 0 Å². The van der Waals surface area contributed by atoms with Crippen molar-refractivity contribution in [2.24, 2.45) is 0 Å². The lowest BCUT2D eigenvalue weighted by molar-refractivity contribution is 0.454. The molecule has 15 heavy (non-hydrogen) atoms. The molecule has 0 aromatic carbocycles. The van der Waals surface area contributed by atoms with Gasteiger partial charge in [0.1, 0.15) is 0 Å². The van der Waals surface area contributed by atoms with Crippen LogP contribution in [0.4, 0.5) is 5.95 Å². The summed E-state index contributed by atoms with van der Waals surface area (Å²) in [7, 11) is 3.94. The lowest BCUT2D eigenvalue weighted by Crippen LogP contribution is -2.29. The highest BCUT2D eigenvalue weighted by Gasteiger charge is 2.16. The zero-order valence-electron chi connectivity index (χ0n) is 9.40. The molecule has 0 bridgehead atoms. The molecule has 1 fully saturated rings. The molecule has 1 aromatic rings. The summed E-state index contributed by atoms with van der Waals surface area (Å²) in [6.45, 7) is 2.19. The Balaban J connectivity index is 2.16. The van der Waals surface area contributed by atoms with Crippen molar-refractivity contribution in [3.05, 3.63) is 18.0 Å². The molecular formula is C11H18N4. The Hall–Kier alpha value is -1.16. The van der Waals surface area contributed by atoms with E-state index in [1.54, 1.807) is 0 Å². The number of rotatable bonds is 2. The molecule has 1 aliphatic rings. The van der Waals surface area contributed by atoms with Gasteiger partial charge in [0, 0.05) is 32.8 Å². The first-order valence-electron chi connectivity index (χ1n) is 5.48. The zero-order chi connectivity index (χ0) is 10.7. The second kappa shape index (κ2) is 4.57. The minimum Gasteiger partial charge on any atom is -0.347 e. The Kier molecular flexibility index (Phi) is 3.16. The number of nitrogens with one attached hydrogen (secondary N) is 1. The third kappa shape index (κ3) is 2.45. The van der Waals surface area contributed by atoms with Crippen molar-refractivity contribution in [1.82, 2.24) is 15.3 Å². The van der Waals surface area contributed by atoms with Crippen molar-refractivity contribution in [3.8, 4) is 0 Å². The van der Waals surface area contributed by atoms with Crippen molar-refractivity contribution in [2.75, 3.05) is 32.1 Å². The van der Waals surface area contributed by atoms with Crippen molar-refractivity contribution in [1.29, 1.82) is 0 Å². The molecule has 4 heteroatoms. The number of hydrogen-bond donors (Lipinski definition) is 1. The van der Waals surface area contributed by atoms with Crippen LogP contribution < -0.4 is 10.2 Å². The molecule has 0 amide bonds. The fourth-order valence-corrected chi connectivity index (χ4v) is 1.91. The van der Waals surface area contributed by atoms with Crippen molar-refractivity contribution in [3.63, 3.8) is 0 Å². The molecule has 4 nitrogen and oxygen atoms in total. The van der Waals surface area contributed by atoms with Gasteiger partial charge < -0.3 is 10.2 Å². The average molecular weight is 206 g/mol. The Bertz CT molecular complexity index is 318. The van der Waals surface area contributed by atoms with Gasteiger partial charge in [-0.1, -0.05) is 0 Å². The first-order chi connectivity index (χ1) is 7.27. The number of aromatic nitrogens is 2. The van der Waals surface area contributed by atoms with Crippen LogP contribution in [0.2, 0.25) is 0 Å². The highest BCUT2D eigenvalue weighted by molar-refractivity contribution is 5.28. The maximum Gasteiger partial charge on any atom is 0.224 e. The second-order valence-corrected chi connectivity index (χ2v) is 4.22. The Morgan fingerprint density at radius 2 is 2.33 bits per heavy atom. The standard InChI is InChI=1S/C11H18N4/c1-15(2)11-13-7-5-10(14-11)9-4-3-6-12-8-9/h5,7,9,12H,3-4,6,8H2,1-2H3/t9-/m1/s1. The highest BCUT2D eigenvalue weighted by Crippen LogP contribution is 2.21. The van der Waals surface area contributed by atoms with Crippen molar-refractivity contribution >= 4 is 5.95 Å². The molecule has 1 saturated heterocycles. The third-order valence-corrected chi connectivity index (χ3v) is 2.78. The number of nitrogens with zero attached hydrogens (tertiary/aromatic N) is 3. The van der Waals surface area contributed by atoms with E-state index < -0.39 is 0 Å². The smallest absolute Gasteiger partial charge is 0.224 e. The summed E-state index contributed by atoms with van der Waals surface area (Å²) >= 11 is 0. The number of piperidine rings is 1. The second-order valence-electron chi connectivity index (χ2n) is 4.22. The van der Waals surface area contributed by atoms with Crippen LogP contribution in [0.3, 0.4) is 0 Å². The van der Waals surface area contributed by atoms with Gasteiger partial charge in [0.15, 0.2) is 0 Å². The Morgan fingerprint density at radius 1 is 1.47 bits per heavy atom. The normalized spacial score (nSPS) is 21.3. The van der Waals surface area contributed by atoms with Gasteiger partial charge in [-0.2, -0.15) is 0 Å². The number of anilines is 1. The van der Waals surface area contributed by atoms with Crippen molar-refractivity contribution < 1.29 is 0 Å². The Labute approximate surface area is 90.7 Å². The summed E-state index contributed by atoms with van der Waals surface area (Å²) in [5, 5.41) is 3.41. The maximum absolute atomic E-state index is 4.57. The van der Waals surface area contributed by atoms with E-state index in [0.29, 0.717) is 5.92 Å². The van der Waals surface area contributed by atoms with Gasteiger partial charge in [-0.25, -0.2) is 9.97 Å². The van der Waals surface area contributed by atoms with E-state index in [1.807, 2.05) is 31.3 Å². The summed E-state index contributed by atoms with van der Waals surface area (Å²) in [5.41, 5.74) is 1.17. The van der Waals surface area contributed by atoms with E-state index in [0.717, 1.165) is 19.0 Å². The summed E-state index contributed by atoms with van der Waals surface area (Å²) in [6.07, 6.45) is 4.33. The van der Waals surface area contributed by atoms with Gasteiger partial charge >= 0.3 is 0 Å². The highest BCUT2D eigenvalue weighted by atomic mass is 15.2.